The van der Waals surface area contributed by atoms with Crippen LogP contribution in [-0.2, 0) is 0 Å². The third kappa shape index (κ3) is 3.51. The molecule has 1 atom stereocenters. The van der Waals surface area contributed by atoms with Crippen LogP contribution in [0.5, 0.6) is 0 Å². The summed E-state index contributed by atoms with van der Waals surface area (Å²) >= 11 is 0. The van der Waals surface area contributed by atoms with E-state index in [1.165, 1.54) is 11.6 Å². The minimum Gasteiger partial charge on any atom is -0.366 e. The molecule has 3 nitrogen and oxygen atoms in total. The summed E-state index contributed by atoms with van der Waals surface area (Å²) in [5, 5.41) is 0.929. The highest BCUT2D eigenvalue weighted by atomic mass is 19.1. The predicted molar refractivity (Wildman–Crippen MR) is 110 cm³/mol. The van der Waals surface area contributed by atoms with Crippen LogP contribution >= 0.6 is 0 Å². The number of aromatic nitrogens is 1. The summed E-state index contributed by atoms with van der Waals surface area (Å²) in [6, 6.07) is 14.5. The zero-order valence-electron chi connectivity index (χ0n) is 16.1. The smallest absolute Gasteiger partial charge is 0.248 e. The lowest BCUT2D eigenvalue weighted by molar-refractivity contribution is 0.0998. The van der Waals surface area contributed by atoms with Gasteiger partial charge in [0.05, 0.1) is 5.52 Å². The van der Waals surface area contributed by atoms with Gasteiger partial charge in [-0.2, -0.15) is 0 Å². The standard InChI is InChI=1S/C24H25FN2O/c1-15(19-4-2-3-5-21(19)24(26)28)16-6-8-17(9-7-16)20-12-13-27-23-11-10-18(25)14-22(20)23/h2-5,10-17H,6-9H2,1H3,(H2,26,28)/t15-,16?,17?/m1/s1. The Morgan fingerprint density at radius 3 is 2.61 bits per heavy atom. The Labute approximate surface area is 164 Å². The van der Waals surface area contributed by atoms with E-state index in [9.17, 15) is 9.18 Å². The van der Waals surface area contributed by atoms with Crippen molar-refractivity contribution in [2.45, 2.75) is 44.4 Å². The van der Waals surface area contributed by atoms with E-state index in [1.807, 2.05) is 36.5 Å². The fourth-order valence-electron chi connectivity index (χ4n) is 4.80. The summed E-state index contributed by atoms with van der Waals surface area (Å²) in [4.78, 5) is 16.2. The van der Waals surface area contributed by atoms with Crippen LogP contribution in [0.3, 0.4) is 0 Å². The normalized spacial score (nSPS) is 20.8. The van der Waals surface area contributed by atoms with E-state index >= 15 is 0 Å². The van der Waals surface area contributed by atoms with Crippen LogP contribution in [0, 0.1) is 11.7 Å². The number of pyridine rings is 1. The van der Waals surface area contributed by atoms with Crippen LogP contribution in [0.2, 0.25) is 0 Å². The number of nitrogens with zero attached hydrogens (tertiary/aromatic N) is 1. The van der Waals surface area contributed by atoms with Gasteiger partial charge < -0.3 is 5.73 Å². The van der Waals surface area contributed by atoms with E-state index in [0.717, 1.165) is 42.1 Å². The molecule has 1 aromatic heterocycles. The third-order valence-electron chi connectivity index (χ3n) is 6.37. The largest absolute Gasteiger partial charge is 0.366 e. The summed E-state index contributed by atoms with van der Waals surface area (Å²) in [6.45, 7) is 2.20. The van der Waals surface area contributed by atoms with E-state index in [0.29, 0.717) is 17.4 Å². The maximum absolute atomic E-state index is 13.8. The summed E-state index contributed by atoms with van der Waals surface area (Å²) in [6.07, 6.45) is 6.11. The molecule has 28 heavy (non-hydrogen) atoms. The molecule has 144 valence electrons. The van der Waals surface area contributed by atoms with Crippen LogP contribution in [0.1, 0.15) is 65.9 Å². The molecule has 1 heterocycles. The van der Waals surface area contributed by atoms with E-state index < -0.39 is 0 Å². The molecule has 0 radical (unpaired) electrons. The molecular formula is C24H25FN2O. The minimum absolute atomic E-state index is 0.216. The number of nitrogens with two attached hydrogens (primary N) is 1. The van der Waals surface area contributed by atoms with Crippen molar-refractivity contribution in [1.29, 1.82) is 0 Å². The molecule has 1 aliphatic carbocycles. The first-order valence-corrected chi connectivity index (χ1v) is 9.97. The first kappa shape index (κ1) is 18.6. The van der Waals surface area contributed by atoms with E-state index in [1.54, 1.807) is 12.1 Å². The van der Waals surface area contributed by atoms with Crippen molar-refractivity contribution >= 4 is 16.8 Å². The van der Waals surface area contributed by atoms with Gasteiger partial charge in [-0.05, 0) is 84.9 Å². The summed E-state index contributed by atoms with van der Waals surface area (Å²) in [7, 11) is 0. The lowest BCUT2D eigenvalue weighted by atomic mass is 9.71. The molecule has 3 aromatic rings. The van der Waals surface area contributed by atoms with Gasteiger partial charge >= 0.3 is 0 Å². The molecular weight excluding hydrogens is 351 g/mol. The quantitative estimate of drug-likeness (QED) is 0.649. The first-order valence-electron chi connectivity index (χ1n) is 9.97. The Morgan fingerprint density at radius 1 is 1.11 bits per heavy atom. The molecule has 1 fully saturated rings. The number of primary amides is 1. The average molecular weight is 376 g/mol. The second-order valence-corrected chi connectivity index (χ2v) is 7.91. The van der Waals surface area contributed by atoms with Crippen LogP contribution in [0.4, 0.5) is 4.39 Å². The zero-order valence-corrected chi connectivity index (χ0v) is 16.1. The molecule has 4 rings (SSSR count). The predicted octanol–water partition coefficient (Wildman–Crippen LogP) is 5.55. The highest BCUT2D eigenvalue weighted by molar-refractivity contribution is 5.94. The minimum atomic E-state index is -0.360. The molecule has 0 spiro atoms. The van der Waals surface area contributed by atoms with Crippen LogP contribution in [0.25, 0.3) is 10.9 Å². The highest BCUT2D eigenvalue weighted by Gasteiger charge is 2.29. The molecule has 0 unspecified atom stereocenters. The summed E-state index contributed by atoms with van der Waals surface area (Å²) < 4.78 is 13.8. The molecule has 1 aliphatic rings. The maximum Gasteiger partial charge on any atom is 0.248 e. The van der Waals surface area contributed by atoms with Gasteiger partial charge in [0.1, 0.15) is 5.82 Å². The lowest BCUT2D eigenvalue weighted by Crippen LogP contribution is -2.21. The van der Waals surface area contributed by atoms with Crippen LogP contribution in [0.15, 0.2) is 54.7 Å². The van der Waals surface area contributed by atoms with Crippen LogP contribution in [-0.4, -0.2) is 10.9 Å². The fourth-order valence-corrected chi connectivity index (χ4v) is 4.80. The Balaban J connectivity index is 1.53. The number of carbonyl (C=O) groups excluding carboxylic acids is 1. The second kappa shape index (κ2) is 7.70. The number of amides is 1. The lowest BCUT2D eigenvalue weighted by Gasteiger charge is -2.33. The molecule has 2 N–H and O–H groups in total. The van der Waals surface area contributed by atoms with Gasteiger partial charge in [-0.3, -0.25) is 9.78 Å². The van der Waals surface area contributed by atoms with Gasteiger partial charge in [0.25, 0.3) is 0 Å². The zero-order chi connectivity index (χ0) is 19.7. The Bertz CT molecular complexity index is 1010. The van der Waals surface area contributed by atoms with Crippen LogP contribution < -0.4 is 5.73 Å². The third-order valence-corrected chi connectivity index (χ3v) is 6.37. The Kier molecular flexibility index (Phi) is 5.12. The summed E-state index contributed by atoms with van der Waals surface area (Å²) in [5.74, 6) is 0.647. The number of hydrogen-bond acceptors (Lipinski definition) is 2. The van der Waals surface area contributed by atoms with E-state index in [-0.39, 0.29) is 17.6 Å². The van der Waals surface area contributed by atoms with Crippen molar-refractivity contribution in [2.75, 3.05) is 0 Å². The van der Waals surface area contributed by atoms with Crippen molar-refractivity contribution in [3.8, 4) is 0 Å². The van der Waals surface area contributed by atoms with Crippen molar-refractivity contribution in [1.82, 2.24) is 4.98 Å². The maximum atomic E-state index is 13.8. The van der Waals surface area contributed by atoms with Gasteiger partial charge in [0.2, 0.25) is 5.91 Å². The number of hydrogen-bond donors (Lipinski definition) is 1. The number of halogens is 1. The molecule has 4 heteroatoms. The van der Waals surface area contributed by atoms with Gasteiger partial charge in [-0.15, -0.1) is 0 Å². The van der Waals surface area contributed by atoms with Crippen molar-refractivity contribution in [2.24, 2.45) is 11.7 Å². The summed E-state index contributed by atoms with van der Waals surface area (Å²) in [5.41, 5.74) is 9.31. The highest BCUT2D eigenvalue weighted by Crippen LogP contribution is 2.43. The monoisotopic (exact) mass is 376 g/mol. The van der Waals surface area contributed by atoms with Crippen molar-refractivity contribution in [3.05, 3.63) is 77.2 Å². The average Bonchev–Trinajstić information content (AvgIpc) is 2.73. The molecule has 0 saturated heterocycles. The number of benzene rings is 2. The van der Waals surface area contributed by atoms with Crippen molar-refractivity contribution < 1.29 is 9.18 Å². The SMILES string of the molecule is C[C@@H](c1ccccc1C(N)=O)C1CCC(c2ccnc3ccc(F)cc23)CC1. The molecule has 1 amide bonds. The molecule has 1 saturated carbocycles. The molecule has 2 aromatic carbocycles. The molecule has 0 bridgehead atoms. The van der Waals surface area contributed by atoms with E-state index in [4.69, 9.17) is 5.73 Å². The van der Waals surface area contributed by atoms with Gasteiger partial charge in [0.15, 0.2) is 0 Å². The fraction of sp³-hybridized carbons (Fsp3) is 0.333. The van der Waals surface area contributed by atoms with Gasteiger partial charge in [-0.25, -0.2) is 4.39 Å². The van der Waals surface area contributed by atoms with Crippen molar-refractivity contribution in [3.63, 3.8) is 0 Å². The second-order valence-electron chi connectivity index (χ2n) is 7.91. The van der Waals surface area contributed by atoms with Gasteiger partial charge in [0, 0.05) is 17.1 Å². The number of carbonyl (C=O) groups is 1. The first-order chi connectivity index (χ1) is 13.5. The number of rotatable bonds is 4. The van der Waals surface area contributed by atoms with E-state index in [2.05, 4.69) is 11.9 Å². The molecule has 0 aliphatic heterocycles. The Hall–Kier alpha value is -2.75. The Morgan fingerprint density at radius 2 is 1.86 bits per heavy atom. The van der Waals surface area contributed by atoms with Gasteiger partial charge in [-0.1, -0.05) is 25.1 Å². The number of fused-ring (bicyclic) bond motifs is 1. The topological polar surface area (TPSA) is 56.0 Å².